The van der Waals surface area contributed by atoms with Gasteiger partial charge in [-0.1, -0.05) is 0 Å². The Kier molecular flexibility index (Phi) is 2.73. The molecule has 5 nitrogen and oxygen atoms in total. The molecule has 0 bridgehead atoms. The number of hydrogen-bond acceptors (Lipinski definition) is 3. The van der Waals surface area contributed by atoms with Gasteiger partial charge in [-0.15, -0.1) is 0 Å². The summed E-state index contributed by atoms with van der Waals surface area (Å²) in [5.41, 5.74) is 1.01. The van der Waals surface area contributed by atoms with Gasteiger partial charge in [-0.3, -0.25) is 9.89 Å². The molecule has 0 saturated heterocycles. The van der Waals surface area contributed by atoms with Crippen molar-refractivity contribution in [2.75, 3.05) is 19.4 Å². The van der Waals surface area contributed by atoms with E-state index in [1.54, 1.807) is 0 Å². The molecule has 1 fully saturated rings. The quantitative estimate of drug-likeness (QED) is 0.770. The van der Waals surface area contributed by atoms with Gasteiger partial charge in [0, 0.05) is 18.5 Å². The Bertz CT molecular complexity index is 354. The third-order valence-electron chi connectivity index (χ3n) is 2.32. The van der Waals surface area contributed by atoms with Crippen molar-refractivity contribution in [1.82, 2.24) is 15.1 Å². The standard InChI is InChI=1S/C10H16N4O/c1-14(2)6-8-5-9(13-12-8)11-10(15)7-3-4-7/h5,7H,3-4,6H2,1-2H3,(H2,11,12,13,15). The van der Waals surface area contributed by atoms with Crippen LogP contribution >= 0.6 is 0 Å². The number of aromatic nitrogens is 2. The number of hydrogen-bond donors (Lipinski definition) is 2. The fourth-order valence-electron chi connectivity index (χ4n) is 1.42. The van der Waals surface area contributed by atoms with Gasteiger partial charge in [-0.2, -0.15) is 5.10 Å². The van der Waals surface area contributed by atoms with Crippen molar-refractivity contribution >= 4 is 11.7 Å². The van der Waals surface area contributed by atoms with Crippen molar-refractivity contribution in [3.8, 4) is 0 Å². The van der Waals surface area contributed by atoms with Crippen LogP contribution in [0.15, 0.2) is 6.07 Å². The molecule has 1 heterocycles. The summed E-state index contributed by atoms with van der Waals surface area (Å²) in [6.07, 6.45) is 2.03. The van der Waals surface area contributed by atoms with Gasteiger partial charge in [-0.05, 0) is 26.9 Å². The largest absolute Gasteiger partial charge is 0.309 e. The summed E-state index contributed by atoms with van der Waals surface area (Å²) in [4.78, 5) is 13.5. The van der Waals surface area contributed by atoms with Crippen molar-refractivity contribution in [3.05, 3.63) is 11.8 Å². The number of aromatic amines is 1. The van der Waals surface area contributed by atoms with Crippen molar-refractivity contribution in [2.45, 2.75) is 19.4 Å². The molecule has 1 aliphatic carbocycles. The van der Waals surface area contributed by atoms with Crippen molar-refractivity contribution in [2.24, 2.45) is 5.92 Å². The molecule has 1 amide bonds. The molecule has 15 heavy (non-hydrogen) atoms. The fourth-order valence-corrected chi connectivity index (χ4v) is 1.42. The fraction of sp³-hybridized carbons (Fsp3) is 0.600. The number of carbonyl (C=O) groups is 1. The topological polar surface area (TPSA) is 61.0 Å². The molecule has 1 aromatic rings. The van der Waals surface area contributed by atoms with Crippen molar-refractivity contribution in [1.29, 1.82) is 0 Å². The highest BCUT2D eigenvalue weighted by atomic mass is 16.2. The second-order valence-corrected chi connectivity index (χ2v) is 4.28. The molecular weight excluding hydrogens is 192 g/mol. The Morgan fingerprint density at radius 3 is 3.00 bits per heavy atom. The van der Waals surface area contributed by atoms with Gasteiger partial charge in [0.2, 0.25) is 5.91 Å². The van der Waals surface area contributed by atoms with Crippen LogP contribution in [0.5, 0.6) is 0 Å². The predicted octanol–water partition coefficient (Wildman–Crippen LogP) is 0.820. The molecule has 1 aromatic heterocycles. The summed E-state index contributed by atoms with van der Waals surface area (Å²) in [5.74, 6) is 0.945. The van der Waals surface area contributed by atoms with Crippen molar-refractivity contribution < 1.29 is 4.79 Å². The van der Waals surface area contributed by atoms with Crippen LogP contribution in [0.3, 0.4) is 0 Å². The molecule has 0 radical (unpaired) electrons. The first-order valence-electron chi connectivity index (χ1n) is 5.15. The highest BCUT2D eigenvalue weighted by Gasteiger charge is 2.29. The van der Waals surface area contributed by atoms with E-state index in [1.807, 2.05) is 25.1 Å². The second-order valence-electron chi connectivity index (χ2n) is 4.28. The lowest BCUT2D eigenvalue weighted by Gasteiger charge is -2.05. The van der Waals surface area contributed by atoms with E-state index in [2.05, 4.69) is 15.5 Å². The third kappa shape index (κ3) is 2.79. The molecule has 0 spiro atoms. The van der Waals surface area contributed by atoms with Crippen LogP contribution < -0.4 is 5.32 Å². The van der Waals surface area contributed by atoms with E-state index in [1.165, 1.54) is 0 Å². The van der Waals surface area contributed by atoms with Crippen LogP contribution in [0.25, 0.3) is 0 Å². The van der Waals surface area contributed by atoms with Crippen LogP contribution in [0.1, 0.15) is 18.5 Å². The average Bonchev–Trinajstić information content (AvgIpc) is 2.90. The summed E-state index contributed by atoms with van der Waals surface area (Å²) in [6.45, 7) is 0.798. The second kappa shape index (κ2) is 4.02. The Morgan fingerprint density at radius 1 is 1.67 bits per heavy atom. The Labute approximate surface area is 88.8 Å². The molecule has 0 aromatic carbocycles. The van der Waals surface area contributed by atoms with Crippen LogP contribution in [0.4, 0.5) is 5.82 Å². The van der Waals surface area contributed by atoms with E-state index in [0.717, 1.165) is 25.1 Å². The summed E-state index contributed by atoms with van der Waals surface area (Å²) < 4.78 is 0. The SMILES string of the molecule is CN(C)Cc1cc(NC(=O)C2CC2)n[nH]1. The van der Waals surface area contributed by atoms with Gasteiger partial charge in [-0.25, -0.2) is 0 Å². The van der Waals surface area contributed by atoms with E-state index < -0.39 is 0 Å². The first kappa shape index (κ1) is 10.2. The minimum absolute atomic E-state index is 0.0953. The summed E-state index contributed by atoms with van der Waals surface area (Å²) in [6, 6.07) is 1.88. The van der Waals surface area contributed by atoms with Gasteiger partial charge in [0.05, 0.1) is 5.69 Å². The van der Waals surface area contributed by atoms with E-state index in [9.17, 15) is 4.79 Å². The zero-order chi connectivity index (χ0) is 10.8. The maximum atomic E-state index is 11.4. The minimum Gasteiger partial charge on any atom is -0.309 e. The Balaban J connectivity index is 1.91. The van der Waals surface area contributed by atoms with Crippen LogP contribution in [-0.2, 0) is 11.3 Å². The molecule has 1 aliphatic rings. The Hall–Kier alpha value is -1.36. The van der Waals surface area contributed by atoms with E-state index >= 15 is 0 Å². The highest BCUT2D eigenvalue weighted by Crippen LogP contribution is 2.29. The van der Waals surface area contributed by atoms with Crippen LogP contribution in [-0.4, -0.2) is 35.1 Å². The molecule has 2 rings (SSSR count). The van der Waals surface area contributed by atoms with Gasteiger partial charge in [0.25, 0.3) is 0 Å². The number of anilines is 1. The minimum atomic E-state index is 0.0953. The summed E-state index contributed by atoms with van der Waals surface area (Å²) in [7, 11) is 3.98. The third-order valence-corrected chi connectivity index (χ3v) is 2.32. The van der Waals surface area contributed by atoms with Crippen molar-refractivity contribution in [3.63, 3.8) is 0 Å². The smallest absolute Gasteiger partial charge is 0.228 e. The summed E-state index contributed by atoms with van der Waals surface area (Å²) in [5, 5.41) is 9.73. The maximum Gasteiger partial charge on any atom is 0.228 e. The number of nitrogens with one attached hydrogen (secondary N) is 2. The number of amides is 1. The first-order valence-corrected chi connectivity index (χ1v) is 5.15. The lowest BCUT2D eigenvalue weighted by Crippen LogP contribution is -2.13. The van der Waals surface area contributed by atoms with E-state index in [4.69, 9.17) is 0 Å². The highest BCUT2D eigenvalue weighted by molar-refractivity contribution is 5.93. The molecule has 1 saturated carbocycles. The summed E-state index contributed by atoms with van der Waals surface area (Å²) >= 11 is 0. The monoisotopic (exact) mass is 208 g/mol. The van der Waals surface area contributed by atoms with Gasteiger partial charge >= 0.3 is 0 Å². The zero-order valence-electron chi connectivity index (χ0n) is 9.08. The van der Waals surface area contributed by atoms with E-state index in [0.29, 0.717) is 5.82 Å². The molecule has 0 unspecified atom stereocenters. The molecule has 0 aliphatic heterocycles. The molecule has 82 valence electrons. The lowest BCUT2D eigenvalue weighted by molar-refractivity contribution is -0.117. The normalized spacial score (nSPS) is 15.7. The molecule has 0 atom stereocenters. The molecular formula is C10H16N4O. The average molecular weight is 208 g/mol. The zero-order valence-corrected chi connectivity index (χ0v) is 9.08. The van der Waals surface area contributed by atoms with Gasteiger partial charge in [0.15, 0.2) is 5.82 Å². The van der Waals surface area contributed by atoms with Gasteiger partial charge < -0.3 is 10.2 Å². The Morgan fingerprint density at radius 2 is 2.40 bits per heavy atom. The lowest BCUT2D eigenvalue weighted by atomic mass is 10.3. The molecule has 5 heteroatoms. The number of carbonyl (C=O) groups excluding carboxylic acids is 1. The number of nitrogens with zero attached hydrogens (tertiary/aromatic N) is 2. The molecule has 2 N–H and O–H groups in total. The predicted molar refractivity (Wildman–Crippen MR) is 57.3 cm³/mol. The van der Waals surface area contributed by atoms with E-state index in [-0.39, 0.29) is 11.8 Å². The van der Waals surface area contributed by atoms with Crippen LogP contribution in [0, 0.1) is 5.92 Å². The maximum absolute atomic E-state index is 11.4. The number of H-pyrrole nitrogens is 1. The van der Waals surface area contributed by atoms with Crippen LogP contribution in [0.2, 0.25) is 0 Å². The van der Waals surface area contributed by atoms with Gasteiger partial charge in [0.1, 0.15) is 0 Å². The number of rotatable bonds is 4. The first-order chi connectivity index (χ1) is 7.15.